The van der Waals surface area contributed by atoms with Crippen LogP contribution >= 0.6 is 34.5 Å². The van der Waals surface area contributed by atoms with Crippen molar-refractivity contribution in [2.75, 3.05) is 11.9 Å². The van der Waals surface area contributed by atoms with Crippen molar-refractivity contribution in [2.24, 2.45) is 0 Å². The number of hydrogen-bond acceptors (Lipinski definition) is 5. The van der Waals surface area contributed by atoms with Gasteiger partial charge in [-0.1, -0.05) is 23.2 Å². The largest absolute Gasteiger partial charge is 0.461 e. The molecule has 1 N–H and O–H groups in total. The molecule has 0 unspecified atom stereocenters. The van der Waals surface area contributed by atoms with E-state index in [-0.39, 0.29) is 5.69 Å². The number of rotatable bonds is 4. The quantitative estimate of drug-likeness (QED) is 0.851. The molecule has 1 heterocycles. The molecule has 0 aliphatic carbocycles. The number of benzene rings is 1. The smallest absolute Gasteiger partial charge is 0.357 e. The number of aromatic nitrogens is 1. The van der Waals surface area contributed by atoms with Crippen molar-refractivity contribution in [2.45, 2.75) is 6.92 Å². The summed E-state index contributed by atoms with van der Waals surface area (Å²) in [7, 11) is 0. The maximum Gasteiger partial charge on any atom is 0.357 e. The minimum Gasteiger partial charge on any atom is -0.461 e. The first-order valence-electron chi connectivity index (χ1n) is 5.44. The highest BCUT2D eigenvalue weighted by Crippen LogP contribution is 2.26. The van der Waals surface area contributed by atoms with Crippen LogP contribution in [0.2, 0.25) is 10.0 Å². The lowest BCUT2D eigenvalue weighted by molar-refractivity contribution is 0.0520. The van der Waals surface area contributed by atoms with E-state index >= 15 is 0 Å². The minimum absolute atomic E-state index is 0.280. The lowest BCUT2D eigenvalue weighted by Gasteiger charge is -2.03. The summed E-state index contributed by atoms with van der Waals surface area (Å²) in [6.07, 6.45) is 0. The minimum atomic E-state index is -0.434. The summed E-state index contributed by atoms with van der Waals surface area (Å²) >= 11 is 13.1. The maximum absolute atomic E-state index is 11.5. The van der Waals surface area contributed by atoms with E-state index in [0.29, 0.717) is 27.5 Å². The molecular formula is C12H10Cl2N2O2S. The monoisotopic (exact) mass is 316 g/mol. The van der Waals surface area contributed by atoms with Gasteiger partial charge in [0.1, 0.15) is 0 Å². The summed E-state index contributed by atoms with van der Waals surface area (Å²) in [4.78, 5) is 15.6. The molecule has 1 aromatic heterocycles. The van der Waals surface area contributed by atoms with Crippen LogP contribution in [-0.2, 0) is 4.74 Å². The van der Waals surface area contributed by atoms with Gasteiger partial charge < -0.3 is 10.1 Å². The van der Waals surface area contributed by atoms with Crippen molar-refractivity contribution in [1.82, 2.24) is 4.98 Å². The van der Waals surface area contributed by atoms with Gasteiger partial charge in [0, 0.05) is 21.1 Å². The average Bonchev–Trinajstić information content (AvgIpc) is 2.76. The van der Waals surface area contributed by atoms with Crippen molar-refractivity contribution in [3.63, 3.8) is 0 Å². The zero-order valence-electron chi connectivity index (χ0n) is 9.94. The van der Waals surface area contributed by atoms with Gasteiger partial charge in [-0.3, -0.25) is 0 Å². The van der Waals surface area contributed by atoms with Crippen LogP contribution in [0.25, 0.3) is 0 Å². The van der Waals surface area contributed by atoms with Gasteiger partial charge in [-0.05, 0) is 25.1 Å². The fourth-order valence-corrected chi connectivity index (χ4v) is 2.61. The van der Waals surface area contributed by atoms with Crippen LogP contribution in [-0.4, -0.2) is 17.6 Å². The van der Waals surface area contributed by atoms with Gasteiger partial charge in [-0.15, -0.1) is 11.3 Å². The number of carbonyl (C=O) groups is 1. The van der Waals surface area contributed by atoms with Gasteiger partial charge >= 0.3 is 5.97 Å². The van der Waals surface area contributed by atoms with Gasteiger partial charge in [0.2, 0.25) is 0 Å². The zero-order valence-corrected chi connectivity index (χ0v) is 12.3. The Morgan fingerprint density at radius 3 is 2.68 bits per heavy atom. The standard InChI is InChI=1S/C12H10Cl2N2O2S/c1-2-18-11(17)10-6-19-12(16-10)15-9-4-7(13)3-8(14)5-9/h3-6H,2H2,1H3,(H,15,16). The fraction of sp³-hybridized carbons (Fsp3) is 0.167. The summed E-state index contributed by atoms with van der Waals surface area (Å²) in [5.74, 6) is -0.434. The second-order valence-corrected chi connectivity index (χ2v) is 5.27. The van der Waals surface area contributed by atoms with E-state index in [4.69, 9.17) is 27.9 Å². The average molecular weight is 317 g/mol. The van der Waals surface area contributed by atoms with Gasteiger partial charge in [-0.2, -0.15) is 0 Å². The molecule has 0 amide bonds. The van der Waals surface area contributed by atoms with Crippen LogP contribution in [0.3, 0.4) is 0 Å². The molecule has 0 spiro atoms. The number of ether oxygens (including phenoxy) is 1. The zero-order chi connectivity index (χ0) is 13.8. The van der Waals surface area contributed by atoms with Crippen LogP contribution in [0.5, 0.6) is 0 Å². The first kappa shape index (κ1) is 14.1. The molecule has 100 valence electrons. The third-order valence-corrected chi connectivity index (χ3v) is 3.30. The Bertz CT molecular complexity index is 581. The molecule has 0 saturated heterocycles. The number of halogens is 2. The number of thiazole rings is 1. The highest BCUT2D eigenvalue weighted by molar-refractivity contribution is 7.14. The van der Waals surface area contributed by atoms with Crippen molar-refractivity contribution in [3.8, 4) is 0 Å². The third kappa shape index (κ3) is 3.83. The highest BCUT2D eigenvalue weighted by Gasteiger charge is 2.11. The van der Waals surface area contributed by atoms with E-state index in [2.05, 4.69) is 10.3 Å². The fourth-order valence-electron chi connectivity index (χ4n) is 1.38. The summed E-state index contributed by atoms with van der Waals surface area (Å²) in [5, 5.41) is 6.29. The predicted octanol–water partition coefficient (Wildman–Crippen LogP) is 4.37. The molecule has 0 radical (unpaired) electrons. The van der Waals surface area contributed by atoms with Gasteiger partial charge in [0.25, 0.3) is 0 Å². The Hall–Kier alpha value is -1.30. The molecular weight excluding hydrogens is 307 g/mol. The normalized spacial score (nSPS) is 10.3. The van der Waals surface area contributed by atoms with Crippen molar-refractivity contribution < 1.29 is 9.53 Å². The molecule has 1 aromatic carbocycles. The van der Waals surface area contributed by atoms with E-state index < -0.39 is 5.97 Å². The van der Waals surface area contributed by atoms with Crippen LogP contribution in [0.15, 0.2) is 23.6 Å². The lowest BCUT2D eigenvalue weighted by Crippen LogP contribution is -2.04. The molecule has 0 bridgehead atoms. The molecule has 2 aromatic rings. The summed E-state index contributed by atoms with van der Waals surface area (Å²) < 4.78 is 4.86. The Kier molecular flexibility index (Phi) is 4.63. The lowest BCUT2D eigenvalue weighted by atomic mass is 10.3. The molecule has 19 heavy (non-hydrogen) atoms. The second-order valence-electron chi connectivity index (χ2n) is 3.54. The van der Waals surface area contributed by atoms with Gasteiger partial charge in [-0.25, -0.2) is 9.78 Å². The molecule has 0 aliphatic rings. The van der Waals surface area contributed by atoms with E-state index in [1.54, 1.807) is 30.5 Å². The van der Waals surface area contributed by atoms with Crippen LogP contribution in [0.4, 0.5) is 10.8 Å². The molecule has 0 aliphatic heterocycles. The number of anilines is 2. The Labute approximate surface area is 124 Å². The predicted molar refractivity (Wildman–Crippen MR) is 77.8 cm³/mol. The third-order valence-electron chi connectivity index (χ3n) is 2.10. The van der Waals surface area contributed by atoms with Crippen LogP contribution in [0.1, 0.15) is 17.4 Å². The molecule has 0 atom stereocenters. The molecule has 7 heteroatoms. The van der Waals surface area contributed by atoms with E-state index in [0.717, 1.165) is 0 Å². The highest BCUT2D eigenvalue weighted by atomic mass is 35.5. The molecule has 4 nitrogen and oxygen atoms in total. The van der Waals surface area contributed by atoms with E-state index in [9.17, 15) is 4.79 Å². The van der Waals surface area contributed by atoms with E-state index in [1.807, 2.05) is 0 Å². The van der Waals surface area contributed by atoms with Gasteiger partial charge in [0.15, 0.2) is 10.8 Å². The summed E-state index contributed by atoms with van der Waals surface area (Å²) in [6.45, 7) is 2.07. The maximum atomic E-state index is 11.5. The Morgan fingerprint density at radius 1 is 1.37 bits per heavy atom. The van der Waals surface area contributed by atoms with Crippen LogP contribution < -0.4 is 5.32 Å². The van der Waals surface area contributed by atoms with Crippen LogP contribution in [0, 0.1) is 0 Å². The van der Waals surface area contributed by atoms with Crippen molar-refractivity contribution in [3.05, 3.63) is 39.3 Å². The van der Waals surface area contributed by atoms with Gasteiger partial charge in [0.05, 0.1) is 6.61 Å². The number of hydrogen-bond donors (Lipinski definition) is 1. The second kappa shape index (κ2) is 6.23. The summed E-state index contributed by atoms with van der Waals surface area (Å²) in [6, 6.07) is 5.08. The van der Waals surface area contributed by atoms with Crippen molar-refractivity contribution >= 4 is 51.3 Å². The Balaban J connectivity index is 2.13. The molecule has 0 saturated carbocycles. The number of carbonyl (C=O) groups excluding carboxylic acids is 1. The topological polar surface area (TPSA) is 51.2 Å². The number of nitrogens with one attached hydrogen (secondary N) is 1. The SMILES string of the molecule is CCOC(=O)c1csc(Nc2cc(Cl)cc(Cl)c2)n1. The number of esters is 1. The van der Waals surface area contributed by atoms with Crippen molar-refractivity contribution in [1.29, 1.82) is 0 Å². The number of nitrogens with zero attached hydrogens (tertiary/aromatic N) is 1. The Morgan fingerprint density at radius 2 is 2.05 bits per heavy atom. The van der Waals surface area contributed by atoms with E-state index in [1.165, 1.54) is 11.3 Å². The first-order chi connectivity index (χ1) is 9.08. The first-order valence-corrected chi connectivity index (χ1v) is 7.08. The summed E-state index contributed by atoms with van der Waals surface area (Å²) in [5.41, 5.74) is 0.990. The molecule has 0 fully saturated rings. The molecule has 2 rings (SSSR count).